The molecule has 0 aromatic heterocycles. The highest BCUT2D eigenvalue weighted by Crippen LogP contribution is 2.31. The van der Waals surface area contributed by atoms with Crippen LogP contribution in [0.2, 0.25) is 0 Å². The summed E-state index contributed by atoms with van der Waals surface area (Å²) in [6, 6.07) is 8.03. The molecule has 162 valence electrons. The van der Waals surface area contributed by atoms with E-state index in [4.69, 9.17) is 14.7 Å². The molecule has 3 rings (SSSR count). The molecular formula is C19H28N2O7S. The predicted molar refractivity (Wildman–Crippen MR) is 104 cm³/mol. The molecule has 0 bridgehead atoms. The molecule has 0 aliphatic carbocycles. The molecular weight excluding hydrogens is 400 g/mol. The largest absolute Gasteiger partial charge is 0.378 e. The molecule has 0 radical (unpaired) electrons. The van der Waals surface area contributed by atoms with Crippen molar-refractivity contribution in [1.82, 2.24) is 9.79 Å². The van der Waals surface area contributed by atoms with Gasteiger partial charge in [-0.05, 0) is 31.7 Å². The van der Waals surface area contributed by atoms with E-state index in [-0.39, 0.29) is 32.2 Å². The molecule has 1 aromatic rings. The summed E-state index contributed by atoms with van der Waals surface area (Å²) in [4.78, 5) is 11.9. The Labute approximate surface area is 170 Å². The van der Waals surface area contributed by atoms with Crippen molar-refractivity contribution in [3.05, 3.63) is 35.4 Å². The van der Waals surface area contributed by atoms with Crippen LogP contribution in [-0.4, -0.2) is 72.2 Å². The number of hydroxylamine groups is 1. The molecule has 10 heteroatoms. The third-order valence-electron chi connectivity index (χ3n) is 5.56. The van der Waals surface area contributed by atoms with Crippen LogP contribution in [0.4, 0.5) is 0 Å². The predicted octanol–water partition coefficient (Wildman–Crippen LogP) is 0.331. The zero-order valence-electron chi connectivity index (χ0n) is 16.4. The summed E-state index contributed by atoms with van der Waals surface area (Å²) in [5, 5.41) is 18.2. The Bertz CT molecular complexity index is 824. The molecule has 2 aliphatic rings. The lowest BCUT2D eigenvalue weighted by Gasteiger charge is -2.41. The molecule has 2 unspecified atom stereocenters. The van der Waals surface area contributed by atoms with Crippen LogP contribution in [0.3, 0.4) is 0 Å². The topological polar surface area (TPSA) is 125 Å². The van der Waals surface area contributed by atoms with Crippen LogP contribution in [0, 0.1) is 6.92 Å². The molecule has 1 amide bonds. The number of aryl methyl sites for hydroxylation is 1. The Balaban J connectivity index is 1.61. The maximum Gasteiger partial charge on any atom is 0.279 e. The fraction of sp³-hybridized carbons (Fsp3) is 0.632. The maximum atomic E-state index is 13.1. The smallest absolute Gasteiger partial charge is 0.279 e. The number of hydrogen-bond donors (Lipinski definition) is 3. The first-order valence-electron chi connectivity index (χ1n) is 9.68. The van der Waals surface area contributed by atoms with Gasteiger partial charge >= 0.3 is 0 Å². The van der Waals surface area contributed by atoms with Crippen molar-refractivity contribution in [2.45, 2.75) is 49.7 Å². The Morgan fingerprint density at radius 1 is 1.34 bits per heavy atom. The van der Waals surface area contributed by atoms with Gasteiger partial charge in [-0.25, -0.2) is 18.2 Å². The summed E-state index contributed by atoms with van der Waals surface area (Å²) in [7, 11) is -3.97. The SMILES string of the molecule is Cc1cccc(COC2CCN(S(=O)(=O)C3CCOCC3(O)C(=O)NO)CC2)c1. The van der Waals surface area contributed by atoms with Crippen molar-refractivity contribution in [3.63, 3.8) is 0 Å². The van der Waals surface area contributed by atoms with Gasteiger partial charge in [0.15, 0.2) is 5.60 Å². The summed E-state index contributed by atoms with van der Waals surface area (Å²) in [6.07, 6.45) is 0.963. The number of carbonyl (C=O) groups excluding carboxylic acids is 1. The highest BCUT2D eigenvalue weighted by atomic mass is 32.2. The second-order valence-electron chi connectivity index (χ2n) is 7.64. The minimum absolute atomic E-state index is 0.0317. The molecule has 1 aromatic carbocycles. The van der Waals surface area contributed by atoms with E-state index < -0.39 is 33.4 Å². The lowest BCUT2D eigenvalue weighted by atomic mass is 9.95. The number of amides is 1. The molecule has 2 fully saturated rings. The van der Waals surface area contributed by atoms with E-state index in [1.54, 1.807) is 0 Å². The van der Waals surface area contributed by atoms with Gasteiger partial charge in [0.25, 0.3) is 5.91 Å². The lowest BCUT2D eigenvalue weighted by molar-refractivity contribution is -0.161. The number of nitrogens with zero attached hydrogens (tertiary/aromatic N) is 1. The van der Waals surface area contributed by atoms with E-state index in [0.717, 1.165) is 11.1 Å². The number of nitrogens with one attached hydrogen (secondary N) is 1. The third kappa shape index (κ3) is 4.79. The lowest BCUT2D eigenvalue weighted by Crippen LogP contribution is -2.64. The van der Waals surface area contributed by atoms with E-state index >= 15 is 0 Å². The fourth-order valence-corrected chi connectivity index (χ4v) is 6.04. The van der Waals surface area contributed by atoms with Gasteiger partial charge in [-0.3, -0.25) is 10.0 Å². The summed E-state index contributed by atoms with van der Waals surface area (Å²) >= 11 is 0. The van der Waals surface area contributed by atoms with Crippen LogP contribution in [0.25, 0.3) is 0 Å². The van der Waals surface area contributed by atoms with Crippen molar-refractivity contribution < 1.29 is 33.0 Å². The quantitative estimate of drug-likeness (QED) is 0.440. The molecule has 3 N–H and O–H groups in total. The molecule has 9 nitrogen and oxygen atoms in total. The molecule has 2 saturated heterocycles. The minimum Gasteiger partial charge on any atom is -0.378 e. The van der Waals surface area contributed by atoms with Gasteiger partial charge in [-0.1, -0.05) is 29.8 Å². The van der Waals surface area contributed by atoms with Crippen LogP contribution in [0.1, 0.15) is 30.4 Å². The number of benzene rings is 1. The summed E-state index contributed by atoms with van der Waals surface area (Å²) in [5.41, 5.74) is 1.25. The van der Waals surface area contributed by atoms with Crippen LogP contribution >= 0.6 is 0 Å². The minimum atomic E-state index is -3.97. The maximum absolute atomic E-state index is 13.1. The van der Waals surface area contributed by atoms with Crippen LogP contribution < -0.4 is 5.48 Å². The third-order valence-corrected chi connectivity index (χ3v) is 7.99. The molecule has 2 atom stereocenters. The normalized spacial score (nSPS) is 26.9. The van der Waals surface area contributed by atoms with Crippen molar-refractivity contribution in [1.29, 1.82) is 0 Å². The van der Waals surface area contributed by atoms with Crippen LogP contribution in [0.15, 0.2) is 24.3 Å². The zero-order valence-corrected chi connectivity index (χ0v) is 17.2. The Morgan fingerprint density at radius 2 is 2.07 bits per heavy atom. The van der Waals surface area contributed by atoms with Crippen LogP contribution in [-0.2, 0) is 30.9 Å². The molecule has 0 spiro atoms. The van der Waals surface area contributed by atoms with Gasteiger partial charge in [0.2, 0.25) is 10.0 Å². The Kier molecular flexibility index (Phi) is 6.92. The number of hydrogen-bond acceptors (Lipinski definition) is 7. The van der Waals surface area contributed by atoms with Gasteiger partial charge in [0.05, 0.1) is 19.3 Å². The van der Waals surface area contributed by atoms with E-state index in [9.17, 15) is 18.3 Å². The van der Waals surface area contributed by atoms with Gasteiger partial charge in [0.1, 0.15) is 5.25 Å². The van der Waals surface area contributed by atoms with Crippen molar-refractivity contribution in [3.8, 4) is 0 Å². The number of aliphatic hydroxyl groups is 1. The average Bonchev–Trinajstić information content (AvgIpc) is 2.72. The van der Waals surface area contributed by atoms with Gasteiger partial charge in [-0.2, -0.15) is 0 Å². The Hall–Kier alpha value is -1.56. The number of rotatable bonds is 6. The Morgan fingerprint density at radius 3 is 2.72 bits per heavy atom. The molecule has 29 heavy (non-hydrogen) atoms. The number of carbonyl (C=O) groups is 1. The summed E-state index contributed by atoms with van der Waals surface area (Å²) in [5.74, 6) is -1.18. The van der Waals surface area contributed by atoms with E-state index in [1.807, 2.05) is 25.1 Å². The van der Waals surface area contributed by atoms with Crippen LogP contribution in [0.5, 0.6) is 0 Å². The fourth-order valence-electron chi connectivity index (χ4n) is 3.90. The van der Waals surface area contributed by atoms with E-state index in [0.29, 0.717) is 19.4 Å². The summed E-state index contributed by atoms with van der Waals surface area (Å²) in [6.45, 7) is 2.60. The first kappa shape index (κ1) is 22.1. The van der Waals surface area contributed by atoms with E-state index in [2.05, 4.69) is 6.07 Å². The number of sulfonamides is 1. The first-order chi connectivity index (χ1) is 13.8. The van der Waals surface area contributed by atoms with Gasteiger partial charge in [0, 0.05) is 19.7 Å². The average molecular weight is 429 g/mol. The second-order valence-corrected chi connectivity index (χ2v) is 9.75. The first-order valence-corrected chi connectivity index (χ1v) is 11.2. The molecule has 2 aliphatic heterocycles. The number of piperidine rings is 1. The summed E-state index contributed by atoms with van der Waals surface area (Å²) < 4.78 is 38.5. The second kappa shape index (κ2) is 9.07. The highest BCUT2D eigenvalue weighted by molar-refractivity contribution is 7.89. The zero-order chi connectivity index (χ0) is 21.1. The van der Waals surface area contributed by atoms with Crippen molar-refractivity contribution >= 4 is 15.9 Å². The van der Waals surface area contributed by atoms with Crippen molar-refractivity contribution in [2.75, 3.05) is 26.3 Å². The monoisotopic (exact) mass is 428 g/mol. The van der Waals surface area contributed by atoms with Crippen molar-refractivity contribution in [2.24, 2.45) is 0 Å². The van der Waals surface area contributed by atoms with Gasteiger partial charge in [-0.15, -0.1) is 0 Å². The number of ether oxygens (including phenoxy) is 2. The molecule has 2 heterocycles. The highest BCUT2D eigenvalue weighted by Gasteiger charge is 2.54. The van der Waals surface area contributed by atoms with Gasteiger partial charge < -0.3 is 14.6 Å². The molecule has 0 saturated carbocycles. The van der Waals surface area contributed by atoms with E-state index in [1.165, 1.54) is 9.79 Å². The standard InChI is InChI=1S/C19H28N2O7S/c1-14-3-2-4-15(11-14)12-28-16-5-8-21(9-6-16)29(25,26)17-7-10-27-13-19(17,23)18(22)20-24/h2-4,11,16-17,23-24H,5-10,12-13H2,1H3,(H,20,22).